The van der Waals surface area contributed by atoms with Crippen LogP contribution in [0.15, 0.2) is 36.5 Å². The van der Waals surface area contributed by atoms with E-state index in [4.69, 9.17) is 4.74 Å². The zero-order valence-electron chi connectivity index (χ0n) is 13.1. The second kappa shape index (κ2) is 6.06. The SMILES string of the molecule is CC(c1ccc(-c2cnc3n[nH]nc3c2)cc1)N1CCOCC1. The van der Waals surface area contributed by atoms with Crippen LogP contribution in [0.5, 0.6) is 0 Å². The molecule has 1 fully saturated rings. The average molecular weight is 309 g/mol. The van der Waals surface area contributed by atoms with Gasteiger partial charge in [0.1, 0.15) is 5.52 Å². The minimum atomic E-state index is 0.407. The molecule has 0 aliphatic carbocycles. The van der Waals surface area contributed by atoms with E-state index in [9.17, 15) is 0 Å². The Labute approximate surface area is 134 Å². The van der Waals surface area contributed by atoms with Crippen molar-refractivity contribution >= 4 is 11.2 Å². The van der Waals surface area contributed by atoms with Crippen LogP contribution in [0, 0.1) is 0 Å². The third-order valence-corrected chi connectivity index (χ3v) is 4.49. The van der Waals surface area contributed by atoms with E-state index < -0.39 is 0 Å². The first-order chi connectivity index (χ1) is 11.3. The number of pyridine rings is 1. The van der Waals surface area contributed by atoms with Crippen molar-refractivity contribution in [2.45, 2.75) is 13.0 Å². The van der Waals surface area contributed by atoms with Gasteiger partial charge in [-0.15, -0.1) is 5.10 Å². The van der Waals surface area contributed by atoms with Crippen molar-refractivity contribution in [2.24, 2.45) is 0 Å². The molecule has 1 aliphatic heterocycles. The Balaban J connectivity index is 1.57. The molecule has 2 aromatic heterocycles. The van der Waals surface area contributed by atoms with E-state index in [2.05, 4.69) is 56.5 Å². The molecule has 1 N–H and O–H groups in total. The Hall–Kier alpha value is -2.31. The van der Waals surface area contributed by atoms with E-state index in [0.717, 1.165) is 42.9 Å². The highest BCUT2D eigenvalue weighted by molar-refractivity contribution is 5.76. The Bertz CT molecular complexity index is 792. The molecule has 1 aliphatic rings. The number of hydrogen-bond acceptors (Lipinski definition) is 5. The zero-order valence-corrected chi connectivity index (χ0v) is 13.1. The lowest BCUT2D eigenvalue weighted by Gasteiger charge is -2.32. The second-order valence-electron chi connectivity index (χ2n) is 5.84. The second-order valence-corrected chi connectivity index (χ2v) is 5.84. The maximum Gasteiger partial charge on any atom is 0.201 e. The molecular weight excluding hydrogens is 290 g/mol. The van der Waals surface area contributed by atoms with Crippen molar-refractivity contribution in [1.82, 2.24) is 25.3 Å². The summed E-state index contributed by atoms with van der Waals surface area (Å²) < 4.78 is 5.43. The number of H-pyrrole nitrogens is 1. The first-order valence-corrected chi connectivity index (χ1v) is 7.90. The monoisotopic (exact) mass is 309 g/mol. The molecule has 118 valence electrons. The van der Waals surface area contributed by atoms with Crippen LogP contribution in [-0.2, 0) is 4.74 Å². The van der Waals surface area contributed by atoms with Crippen LogP contribution in [-0.4, -0.2) is 51.6 Å². The normalized spacial score (nSPS) is 17.4. The summed E-state index contributed by atoms with van der Waals surface area (Å²) in [7, 11) is 0. The summed E-state index contributed by atoms with van der Waals surface area (Å²) in [6, 6.07) is 11.1. The summed E-state index contributed by atoms with van der Waals surface area (Å²) in [5.74, 6) is 0. The van der Waals surface area contributed by atoms with Crippen LogP contribution < -0.4 is 0 Å². The molecule has 0 bridgehead atoms. The average Bonchev–Trinajstić information content (AvgIpc) is 3.10. The molecule has 23 heavy (non-hydrogen) atoms. The van der Waals surface area contributed by atoms with Crippen molar-refractivity contribution in [3.63, 3.8) is 0 Å². The van der Waals surface area contributed by atoms with E-state index in [1.807, 2.05) is 12.3 Å². The van der Waals surface area contributed by atoms with E-state index >= 15 is 0 Å². The maximum absolute atomic E-state index is 5.43. The number of aromatic nitrogens is 4. The van der Waals surface area contributed by atoms with Gasteiger partial charge in [-0.25, -0.2) is 4.98 Å². The molecule has 1 saturated heterocycles. The third-order valence-electron chi connectivity index (χ3n) is 4.49. The summed E-state index contributed by atoms with van der Waals surface area (Å²) in [5, 5.41) is 10.7. The lowest BCUT2D eigenvalue weighted by atomic mass is 10.0. The van der Waals surface area contributed by atoms with Gasteiger partial charge in [0.25, 0.3) is 0 Å². The number of nitrogens with zero attached hydrogens (tertiary/aromatic N) is 4. The quantitative estimate of drug-likeness (QED) is 0.805. The number of hydrogen-bond donors (Lipinski definition) is 1. The predicted molar refractivity (Wildman–Crippen MR) is 87.9 cm³/mol. The molecule has 3 heterocycles. The predicted octanol–water partition coefficient (Wildman–Crippen LogP) is 2.41. The van der Waals surface area contributed by atoms with Crippen molar-refractivity contribution in [2.75, 3.05) is 26.3 Å². The van der Waals surface area contributed by atoms with Crippen molar-refractivity contribution < 1.29 is 4.74 Å². The maximum atomic E-state index is 5.43. The van der Waals surface area contributed by atoms with Crippen LogP contribution in [0.25, 0.3) is 22.3 Å². The molecular formula is C17H19N5O. The number of aromatic amines is 1. The Kier molecular flexibility index (Phi) is 3.77. The largest absolute Gasteiger partial charge is 0.379 e. The van der Waals surface area contributed by atoms with Gasteiger partial charge in [-0.1, -0.05) is 24.3 Å². The first-order valence-electron chi connectivity index (χ1n) is 7.90. The summed E-state index contributed by atoms with van der Waals surface area (Å²) in [6.45, 7) is 5.90. The van der Waals surface area contributed by atoms with Crippen molar-refractivity contribution in [1.29, 1.82) is 0 Å². The number of fused-ring (bicyclic) bond motifs is 1. The number of benzene rings is 1. The van der Waals surface area contributed by atoms with Gasteiger partial charge in [-0.3, -0.25) is 4.90 Å². The Morgan fingerprint density at radius 2 is 1.87 bits per heavy atom. The van der Waals surface area contributed by atoms with Crippen molar-refractivity contribution in [3.05, 3.63) is 42.1 Å². The van der Waals surface area contributed by atoms with Gasteiger partial charge >= 0.3 is 0 Å². The van der Waals surface area contributed by atoms with Crippen LogP contribution in [0.4, 0.5) is 0 Å². The molecule has 1 atom stereocenters. The Morgan fingerprint density at radius 3 is 2.65 bits per heavy atom. The summed E-state index contributed by atoms with van der Waals surface area (Å²) in [6.07, 6.45) is 1.84. The summed E-state index contributed by atoms with van der Waals surface area (Å²) in [4.78, 5) is 6.78. The Morgan fingerprint density at radius 1 is 1.09 bits per heavy atom. The van der Waals surface area contributed by atoms with E-state index in [-0.39, 0.29) is 0 Å². The molecule has 0 spiro atoms. The topological polar surface area (TPSA) is 66.9 Å². The van der Waals surface area contributed by atoms with Gasteiger partial charge < -0.3 is 4.74 Å². The van der Waals surface area contributed by atoms with Crippen LogP contribution in [0.3, 0.4) is 0 Å². The number of rotatable bonds is 3. The number of nitrogens with one attached hydrogen (secondary N) is 1. The smallest absolute Gasteiger partial charge is 0.201 e. The van der Waals surface area contributed by atoms with Gasteiger partial charge in [0.2, 0.25) is 5.65 Å². The highest BCUT2D eigenvalue weighted by Crippen LogP contribution is 2.26. The minimum absolute atomic E-state index is 0.407. The summed E-state index contributed by atoms with van der Waals surface area (Å²) >= 11 is 0. The van der Waals surface area contributed by atoms with Gasteiger partial charge in [-0.05, 0) is 24.1 Å². The fourth-order valence-electron chi connectivity index (χ4n) is 3.03. The molecule has 1 aromatic carbocycles. The molecule has 4 rings (SSSR count). The standard InChI is InChI=1S/C17H19N5O/c1-12(22-6-8-23-9-7-22)13-2-4-14(5-3-13)15-10-16-17(18-11-15)20-21-19-16/h2-5,10-12H,6-9H2,1H3,(H,18,19,20,21). The van der Waals surface area contributed by atoms with Gasteiger partial charge in [0, 0.05) is 30.9 Å². The van der Waals surface area contributed by atoms with E-state index in [1.54, 1.807) is 0 Å². The van der Waals surface area contributed by atoms with Gasteiger partial charge in [0.05, 0.1) is 13.2 Å². The van der Waals surface area contributed by atoms with Gasteiger partial charge in [-0.2, -0.15) is 10.3 Å². The highest BCUT2D eigenvalue weighted by atomic mass is 16.5. The highest BCUT2D eigenvalue weighted by Gasteiger charge is 2.18. The molecule has 6 nitrogen and oxygen atoms in total. The molecule has 0 radical (unpaired) electrons. The van der Waals surface area contributed by atoms with E-state index in [0.29, 0.717) is 11.7 Å². The number of ether oxygens (including phenoxy) is 1. The first kappa shape index (κ1) is 14.3. The van der Waals surface area contributed by atoms with E-state index in [1.165, 1.54) is 5.56 Å². The van der Waals surface area contributed by atoms with Crippen molar-refractivity contribution in [3.8, 4) is 11.1 Å². The fourth-order valence-corrected chi connectivity index (χ4v) is 3.03. The van der Waals surface area contributed by atoms with Crippen LogP contribution in [0.2, 0.25) is 0 Å². The minimum Gasteiger partial charge on any atom is -0.379 e. The van der Waals surface area contributed by atoms with Crippen LogP contribution >= 0.6 is 0 Å². The molecule has 0 saturated carbocycles. The third kappa shape index (κ3) is 2.83. The lowest BCUT2D eigenvalue weighted by Crippen LogP contribution is -2.37. The molecule has 1 unspecified atom stereocenters. The fraction of sp³-hybridized carbons (Fsp3) is 0.353. The lowest BCUT2D eigenvalue weighted by molar-refractivity contribution is 0.0198. The molecule has 0 amide bonds. The summed E-state index contributed by atoms with van der Waals surface area (Å²) in [5.41, 5.74) is 4.95. The number of morpholine rings is 1. The van der Waals surface area contributed by atoms with Gasteiger partial charge in [0.15, 0.2) is 0 Å². The molecule has 6 heteroatoms. The molecule has 3 aromatic rings. The van der Waals surface area contributed by atoms with Crippen LogP contribution in [0.1, 0.15) is 18.5 Å². The zero-order chi connectivity index (χ0) is 15.6.